The molecule has 1 aromatic rings. The maximum Gasteiger partial charge on any atom is 0.414 e. The van der Waals surface area contributed by atoms with Crippen molar-refractivity contribution in [3.05, 3.63) is 29.8 Å². The number of rotatable bonds is 2. The Kier molecular flexibility index (Phi) is 5.81. The maximum atomic E-state index is 9.10. The van der Waals surface area contributed by atoms with Gasteiger partial charge in [-0.05, 0) is 37.6 Å². The maximum absolute atomic E-state index is 9.10. The van der Waals surface area contributed by atoms with E-state index in [0.717, 1.165) is 13.1 Å². The minimum absolute atomic E-state index is 0.613. The predicted octanol–water partition coefficient (Wildman–Crippen LogP) is 0.924. The van der Waals surface area contributed by atoms with Gasteiger partial charge in [0.1, 0.15) is 0 Å². The summed E-state index contributed by atoms with van der Waals surface area (Å²) in [4.78, 5) is 18.2. The molecule has 104 valence electrons. The highest BCUT2D eigenvalue weighted by atomic mass is 16.4. The molecule has 0 bridgehead atoms. The second kappa shape index (κ2) is 7.38. The molecule has 0 aromatic heterocycles. The summed E-state index contributed by atoms with van der Waals surface area (Å²) in [7, 11) is 0. The summed E-state index contributed by atoms with van der Waals surface area (Å²) in [6.07, 6.45) is 1.23. The standard InChI is InChI=1S/C11H16N2.C2H2O4/c1-9-3-2-4-10(7-9)13-11-5-6-12-8-11;3-1(4)2(5)6/h2-4,7,11-13H,5-6,8H2,1H3;(H,3,4)(H,5,6). The quantitative estimate of drug-likeness (QED) is 0.594. The number of carbonyl (C=O) groups is 2. The molecule has 0 amide bonds. The van der Waals surface area contributed by atoms with Crippen LogP contribution in [0.15, 0.2) is 24.3 Å². The SMILES string of the molecule is Cc1cccc(NC2CCNC2)c1.O=C(O)C(=O)O. The molecular formula is C13H18N2O4. The van der Waals surface area contributed by atoms with Crippen LogP contribution in [0.2, 0.25) is 0 Å². The van der Waals surface area contributed by atoms with Gasteiger partial charge in [0.25, 0.3) is 0 Å². The van der Waals surface area contributed by atoms with E-state index in [1.165, 1.54) is 17.7 Å². The first-order chi connectivity index (χ1) is 8.99. The summed E-state index contributed by atoms with van der Waals surface area (Å²) in [5.74, 6) is -3.65. The number of carboxylic acids is 2. The minimum atomic E-state index is -1.82. The Morgan fingerprint density at radius 3 is 2.47 bits per heavy atom. The van der Waals surface area contributed by atoms with Crippen molar-refractivity contribution in [1.82, 2.24) is 5.32 Å². The van der Waals surface area contributed by atoms with Crippen molar-refractivity contribution in [3.63, 3.8) is 0 Å². The summed E-state index contributed by atoms with van der Waals surface area (Å²) in [5.41, 5.74) is 2.56. The van der Waals surface area contributed by atoms with E-state index in [0.29, 0.717) is 6.04 Å². The van der Waals surface area contributed by atoms with Crippen LogP contribution in [0.4, 0.5) is 5.69 Å². The van der Waals surface area contributed by atoms with E-state index in [-0.39, 0.29) is 0 Å². The van der Waals surface area contributed by atoms with E-state index >= 15 is 0 Å². The fourth-order valence-corrected chi connectivity index (χ4v) is 1.75. The Balaban J connectivity index is 0.000000258. The number of aryl methyl sites for hydroxylation is 1. The van der Waals surface area contributed by atoms with Gasteiger partial charge in [0.2, 0.25) is 0 Å². The van der Waals surface area contributed by atoms with Crippen LogP contribution in [0.3, 0.4) is 0 Å². The first kappa shape index (κ1) is 15.0. The lowest BCUT2D eigenvalue weighted by atomic mass is 10.2. The lowest BCUT2D eigenvalue weighted by Crippen LogP contribution is -2.21. The van der Waals surface area contributed by atoms with Gasteiger partial charge in [0.15, 0.2) is 0 Å². The number of carboxylic acid groups (broad SMARTS) is 2. The number of hydrogen-bond donors (Lipinski definition) is 4. The summed E-state index contributed by atoms with van der Waals surface area (Å²) in [6, 6.07) is 9.16. The second-order valence-electron chi connectivity index (χ2n) is 4.31. The van der Waals surface area contributed by atoms with E-state index in [1.807, 2.05) is 0 Å². The molecule has 6 nitrogen and oxygen atoms in total. The predicted molar refractivity (Wildman–Crippen MR) is 71.3 cm³/mol. The molecule has 1 aliphatic rings. The molecule has 1 atom stereocenters. The molecule has 4 N–H and O–H groups in total. The van der Waals surface area contributed by atoms with Crippen LogP contribution < -0.4 is 10.6 Å². The Morgan fingerprint density at radius 2 is 2.00 bits per heavy atom. The average Bonchev–Trinajstić information content (AvgIpc) is 2.82. The van der Waals surface area contributed by atoms with Crippen molar-refractivity contribution in [2.24, 2.45) is 0 Å². The van der Waals surface area contributed by atoms with Gasteiger partial charge in [0.05, 0.1) is 0 Å². The molecule has 1 fully saturated rings. The normalized spacial score (nSPS) is 17.2. The number of nitrogens with one attached hydrogen (secondary N) is 2. The zero-order chi connectivity index (χ0) is 14.3. The number of anilines is 1. The highest BCUT2D eigenvalue weighted by molar-refractivity contribution is 6.27. The third kappa shape index (κ3) is 5.87. The smallest absolute Gasteiger partial charge is 0.414 e. The molecule has 1 aliphatic heterocycles. The molecule has 0 aliphatic carbocycles. The Morgan fingerprint density at radius 1 is 1.32 bits per heavy atom. The van der Waals surface area contributed by atoms with E-state index in [2.05, 4.69) is 41.8 Å². The number of benzene rings is 1. The first-order valence-electron chi connectivity index (χ1n) is 5.99. The molecular weight excluding hydrogens is 248 g/mol. The molecule has 0 spiro atoms. The molecule has 1 saturated heterocycles. The summed E-state index contributed by atoms with van der Waals surface area (Å²) >= 11 is 0. The third-order valence-corrected chi connectivity index (χ3v) is 2.63. The van der Waals surface area contributed by atoms with E-state index < -0.39 is 11.9 Å². The Hall–Kier alpha value is -2.08. The van der Waals surface area contributed by atoms with Crippen molar-refractivity contribution < 1.29 is 19.8 Å². The van der Waals surface area contributed by atoms with Crippen LogP contribution in [-0.2, 0) is 9.59 Å². The van der Waals surface area contributed by atoms with Gasteiger partial charge in [-0.15, -0.1) is 0 Å². The van der Waals surface area contributed by atoms with Gasteiger partial charge in [-0.1, -0.05) is 12.1 Å². The average molecular weight is 266 g/mol. The molecule has 0 radical (unpaired) electrons. The topological polar surface area (TPSA) is 98.7 Å². The van der Waals surface area contributed by atoms with Crippen LogP contribution in [-0.4, -0.2) is 41.3 Å². The summed E-state index contributed by atoms with van der Waals surface area (Å²) < 4.78 is 0. The largest absolute Gasteiger partial charge is 0.473 e. The molecule has 1 aromatic carbocycles. The van der Waals surface area contributed by atoms with Gasteiger partial charge >= 0.3 is 11.9 Å². The van der Waals surface area contributed by atoms with Gasteiger partial charge in [-0.3, -0.25) is 0 Å². The van der Waals surface area contributed by atoms with Crippen LogP contribution in [0.25, 0.3) is 0 Å². The van der Waals surface area contributed by atoms with E-state index in [4.69, 9.17) is 19.8 Å². The van der Waals surface area contributed by atoms with E-state index in [9.17, 15) is 0 Å². The lowest BCUT2D eigenvalue weighted by Gasteiger charge is -2.12. The summed E-state index contributed by atoms with van der Waals surface area (Å²) in [5, 5.41) is 21.6. The van der Waals surface area contributed by atoms with Gasteiger partial charge in [-0.25, -0.2) is 9.59 Å². The fourth-order valence-electron chi connectivity index (χ4n) is 1.75. The fraction of sp³-hybridized carbons (Fsp3) is 0.385. The molecule has 1 unspecified atom stereocenters. The Labute approximate surface area is 111 Å². The third-order valence-electron chi connectivity index (χ3n) is 2.63. The second-order valence-corrected chi connectivity index (χ2v) is 4.31. The van der Waals surface area contributed by atoms with Crippen LogP contribution in [0.1, 0.15) is 12.0 Å². The van der Waals surface area contributed by atoms with Crippen molar-refractivity contribution in [1.29, 1.82) is 0 Å². The van der Waals surface area contributed by atoms with Gasteiger partial charge in [0, 0.05) is 18.3 Å². The lowest BCUT2D eigenvalue weighted by molar-refractivity contribution is -0.159. The molecule has 6 heteroatoms. The highest BCUT2D eigenvalue weighted by Crippen LogP contribution is 2.12. The zero-order valence-electron chi connectivity index (χ0n) is 10.7. The highest BCUT2D eigenvalue weighted by Gasteiger charge is 2.13. The number of aliphatic carboxylic acids is 2. The van der Waals surface area contributed by atoms with E-state index in [1.54, 1.807) is 0 Å². The van der Waals surface area contributed by atoms with Crippen LogP contribution in [0.5, 0.6) is 0 Å². The summed E-state index contributed by atoms with van der Waals surface area (Å²) in [6.45, 7) is 4.36. The molecule has 19 heavy (non-hydrogen) atoms. The van der Waals surface area contributed by atoms with Crippen LogP contribution in [0, 0.1) is 6.92 Å². The van der Waals surface area contributed by atoms with Crippen molar-refractivity contribution in [2.75, 3.05) is 18.4 Å². The minimum Gasteiger partial charge on any atom is -0.473 e. The van der Waals surface area contributed by atoms with Crippen molar-refractivity contribution >= 4 is 17.6 Å². The van der Waals surface area contributed by atoms with Crippen molar-refractivity contribution in [2.45, 2.75) is 19.4 Å². The monoisotopic (exact) mass is 266 g/mol. The molecule has 0 saturated carbocycles. The molecule has 1 heterocycles. The first-order valence-corrected chi connectivity index (χ1v) is 5.99. The van der Waals surface area contributed by atoms with Gasteiger partial charge in [-0.2, -0.15) is 0 Å². The van der Waals surface area contributed by atoms with Crippen LogP contribution >= 0.6 is 0 Å². The molecule has 2 rings (SSSR count). The van der Waals surface area contributed by atoms with Crippen molar-refractivity contribution in [3.8, 4) is 0 Å². The van der Waals surface area contributed by atoms with Gasteiger partial charge < -0.3 is 20.8 Å². The zero-order valence-corrected chi connectivity index (χ0v) is 10.7. The number of hydrogen-bond acceptors (Lipinski definition) is 4. The Bertz CT molecular complexity index is 430.